The summed E-state index contributed by atoms with van der Waals surface area (Å²) in [6.45, 7) is 4.00. The number of aliphatic hydroxyl groups is 1. The quantitative estimate of drug-likeness (QED) is 0.0158. The highest BCUT2D eigenvalue weighted by molar-refractivity contribution is 7.47. The lowest BCUT2D eigenvalue weighted by molar-refractivity contribution is -0.870. The summed E-state index contributed by atoms with van der Waals surface area (Å²) >= 11 is 0. The summed E-state index contributed by atoms with van der Waals surface area (Å²) < 4.78 is 34.2. The minimum atomic E-state index is -4.39. The minimum Gasteiger partial charge on any atom is -0.462 e. The molecule has 0 fully saturated rings. The zero-order chi connectivity index (χ0) is 40.9. The van der Waals surface area contributed by atoms with Crippen molar-refractivity contribution < 1.29 is 47.2 Å². The first kappa shape index (κ1) is 52.7. The van der Waals surface area contributed by atoms with E-state index >= 15 is 0 Å². The molecule has 0 aromatic heterocycles. The molecular formula is C44H79NO9P+. The smallest absolute Gasteiger partial charge is 0.462 e. The first-order valence-corrected chi connectivity index (χ1v) is 22.6. The normalized spacial score (nSPS) is 14.8. The Labute approximate surface area is 335 Å². The van der Waals surface area contributed by atoms with Crippen LogP contribution in [-0.4, -0.2) is 86.1 Å². The second-order valence-electron chi connectivity index (χ2n) is 15.2. The van der Waals surface area contributed by atoms with Crippen LogP contribution in [0.3, 0.4) is 0 Å². The first-order valence-electron chi connectivity index (χ1n) is 21.1. The zero-order valence-corrected chi connectivity index (χ0v) is 36.1. The number of unbranched alkanes of at least 4 members (excludes halogenated alkanes) is 13. The van der Waals surface area contributed by atoms with E-state index in [9.17, 15) is 24.2 Å². The largest absolute Gasteiger partial charge is 0.472 e. The topological polar surface area (TPSA) is 129 Å². The van der Waals surface area contributed by atoms with Crippen molar-refractivity contribution in [1.82, 2.24) is 0 Å². The van der Waals surface area contributed by atoms with E-state index in [1.807, 2.05) is 52.4 Å². The standard InChI is InChI=1S/C44H78NO9P/c1-6-8-9-10-11-12-13-16-21-24-27-30-33-36-44(48)54-42(40-53-55(49,50)52-38-37-45(3,4)5)39-51-43(47)35-32-29-26-23-20-18-15-14-17-19-22-25-28-31-34-41(46)7-2/h15,17-19,23,25-26,28,31,34,41-42,46H,6-14,16,20-22,24,27,29-30,32-33,35-40H2,1-5H3/p+1/b18-15-,19-17-,26-23-,28-25-,34-31+/t41-,42+/m0/s1. The van der Waals surface area contributed by atoms with Crippen LogP contribution < -0.4 is 0 Å². The predicted octanol–water partition coefficient (Wildman–Crippen LogP) is 10.7. The highest BCUT2D eigenvalue weighted by Gasteiger charge is 2.27. The molecule has 0 radical (unpaired) electrons. The van der Waals surface area contributed by atoms with Gasteiger partial charge >= 0.3 is 19.8 Å². The van der Waals surface area contributed by atoms with Crippen LogP contribution >= 0.6 is 7.82 Å². The van der Waals surface area contributed by atoms with Crippen LogP contribution in [0.25, 0.3) is 0 Å². The van der Waals surface area contributed by atoms with Gasteiger partial charge in [-0.15, -0.1) is 0 Å². The van der Waals surface area contributed by atoms with Gasteiger partial charge in [-0.2, -0.15) is 0 Å². The Morgan fingerprint density at radius 2 is 1.18 bits per heavy atom. The fraction of sp³-hybridized carbons (Fsp3) is 0.727. The fourth-order valence-electron chi connectivity index (χ4n) is 5.24. The van der Waals surface area contributed by atoms with Gasteiger partial charge in [0.05, 0.1) is 33.9 Å². The first-order chi connectivity index (χ1) is 26.4. The van der Waals surface area contributed by atoms with Gasteiger partial charge in [0.15, 0.2) is 6.10 Å². The van der Waals surface area contributed by atoms with Gasteiger partial charge < -0.3 is 24.0 Å². The van der Waals surface area contributed by atoms with Gasteiger partial charge in [0.1, 0.15) is 19.8 Å². The molecular weight excluding hydrogens is 717 g/mol. The maximum absolute atomic E-state index is 12.7. The minimum absolute atomic E-state index is 0.0154. The van der Waals surface area contributed by atoms with E-state index < -0.39 is 32.5 Å². The predicted molar refractivity (Wildman–Crippen MR) is 225 cm³/mol. The van der Waals surface area contributed by atoms with Gasteiger partial charge in [0.2, 0.25) is 0 Å². The molecule has 10 nitrogen and oxygen atoms in total. The molecule has 0 aliphatic rings. The monoisotopic (exact) mass is 797 g/mol. The lowest BCUT2D eigenvalue weighted by atomic mass is 10.0. The van der Waals surface area contributed by atoms with Gasteiger partial charge in [-0.25, -0.2) is 4.57 Å². The van der Waals surface area contributed by atoms with E-state index in [0.717, 1.165) is 44.9 Å². The molecule has 0 amide bonds. The Bertz CT molecular complexity index is 1140. The van der Waals surface area contributed by atoms with E-state index in [0.29, 0.717) is 30.3 Å². The number of quaternary nitrogens is 1. The second-order valence-corrected chi connectivity index (χ2v) is 16.7. The van der Waals surface area contributed by atoms with E-state index in [2.05, 4.69) is 37.3 Å². The van der Waals surface area contributed by atoms with Crippen LogP contribution in [0.1, 0.15) is 149 Å². The number of likely N-dealkylation sites (N-methyl/N-ethyl adjacent to an activating group) is 1. The molecule has 1 unspecified atom stereocenters. The summed E-state index contributed by atoms with van der Waals surface area (Å²) in [4.78, 5) is 35.3. The molecule has 0 rings (SSSR count). The van der Waals surface area contributed by atoms with E-state index in [1.165, 1.54) is 57.8 Å². The number of allylic oxidation sites excluding steroid dienone is 9. The lowest BCUT2D eigenvalue weighted by Gasteiger charge is -2.24. The molecule has 0 aliphatic heterocycles. The van der Waals surface area contributed by atoms with Gasteiger partial charge in [-0.05, 0) is 44.9 Å². The van der Waals surface area contributed by atoms with Crippen molar-refractivity contribution in [2.45, 2.75) is 161 Å². The molecule has 55 heavy (non-hydrogen) atoms. The van der Waals surface area contributed by atoms with Gasteiger partial charge in [-0.1, -0.05) is 152 Å². The second kappa shape index (κ2) is 36.0. The molecule has 2 N–H and O–H groups in total. The highest BCUT2D eigenvalue weighted by Crippen LogP contribution is 2.43. The molecule has 11 heteroatoms. The average molecular weight is 797 g/mol. The van der Waals surface area contributed by atoms with Crippen molar-refractivity contribution in [3.05, 3.63) is 60.8 Å². The Hall–Kier alpha value is -2.33. The third-order valence-corrected chi connectivity index (χ3v) is 9.70. The number of carbonyl (C=O) groups is 2. The SMILES string of the molecule is CCCCCCCCCCCCCCCC(=O)O[C@H](COC(=O)CCC/C=C\C/C=C\C/C=C\C/C=C\C=C\[C@@H](O)CC)COP(=O)(O)OCC[N+](C)(C)C. The number of phosphoric acid groups is 1. The van der Waals surface area contributed by atoms with Crippen LogP contribution in [0, 0.1) is 0 Å². The molecule has 0 saturated heterocycles. The number of hydrogen-bond acceptors (Lipinski definition) is 8. The average Bonchev–Trinajstić information content (AvgIpc) is 3.13. The van der Waals surface area contributed by atoms with E-state index in [1.54, 1.807) is 6.08 Å². The van der Waals surface area contributed by atoms with Crippen molar-refractivity contribution in [1.29, 1.82) is 0 Å². The van der Waals surface area contributed by atoms with Gasteiger partial charge in [0.25, 0.3) is 0 Å². The summed E-state index contributed by atoms with van der Waals surface area (Å²) in [5, 5.41) is 9.47. The van der Waals surface area contributed by atoms with Crippen LogP contribution in [0.5, 0.6) is 0 Å². The Kier molecular flexibility index (Phi) is 34.5. The summed E-state index contributed by atoms with van der Waals surface area (Å²) in [6.07, 6.45) is 39.4. The molecule has 0 saturated carbocycles. The summed E-state index contributed by atoms with van der Waals surface area (Å²) in [5.41, 5.74) is 0. The third-order valence-electron chi connectivity index (χ3n) is 8.72. The Morgan fingerprint density at radius 3 is 1.75 bits per heavy atom. The van der Waals surface area contributed by atoms with Crippen molar-refractivity contribution in [3.63, 3.8) is 0 Å². The number of aliphatic hydroxyl groups excluding tert-OH is 1. The molecule has 3 atom stereocenters. The number of esters is 2. The van der Waals surface area contributed by atoms with E-state index in [-0.39, 0.29) is 32.2 Å². The number of nitrogens with zero attached hydrogens (tertiary/aromatic N) is 1. The molecule has 0 spiro atoms. The van der Waals surface area contributed by atoms with Crippen LogP contribution in [0.2, 0.25) is 0 Å². The van der Waals surface area contributed by atoms with Gasteiger partial charge in [-0.3, -0.25) is 18.6 Å². The fourth-order valence-corrected chi connectivity index (χ4v) is 5.98. The zero-order valence-electron chi connectivity index (χ0n) is 35.3. The van der Waals surface area contributed by atoms with Crippen molar-refractivity contribution in [3.8, 4) is 0 Å². The Morgan fingerprint density at radius 1 is 0.655 bits per heavy atom. The molecule has 0 aromatic rings. The van der Waals surface area contributed by atoms with Crippen molar-refractivity contribution >= 4 is 19.8 Å². The van der Waals surface area contributed by atoms with Gasteiger partial charge in [0, 0.05) is 12.8 Å². The maximum Gasteiger partial charge on any atom is 0.472 e. The summed E-state index contributed by atoms with van der Waals surface area (Å²) in [5.74, 6) is -0.889. The Balaban J connectivity index is 4.50. The molecule has 0 aromatic carbocycles. The number of phosphoric ester groups is 1. The molecule has 0 bridgehead atoms. The molecule has 0 heterocycles. The molecule has 318 valence electrons. The van der Waals surface area contributed by atoms with E-state index in [4.69, 9.17) is 18.5 Å². The number of rotatable bonds is 37. The van der Waals surface area contributed by atoms with Crippen LogP contribution in [0.4, 0.5) is 0 Å². The van der Waals surface area contributed by atoms with Crippen molar-refractivity contribution in [2.24, 2.45) is 0 Å². The van der Waals surface area contributed by atoms with Crippen LogP contribution in [-0.2, 0) is 32.7 Å². The third kappa shape index (κ3) is 39.7. The molecule has 0 aliphatic carbocycles. The summed E-state index contributed by atoms with van der Waals surface area (Å²) in [7, 11) is 1.42. The van der Waals surface area contributed by atoms with Crippen molar-refractivity contribution in [2.75, 3.05) is 47.5 Å². The summed E-state index contributed by atoms with van der Waals surface area (Å²) in [6, 6.07) is 0. The maximum atomic E-state index is 12.7. The number of carbonyl (C=O) groups excluding carboxylic acids is 2. The highest BCUT2D eigenvalue weighted by atomic mass is 31.2. The number of hydrogen-bond donors (Lipinski definition) is 2. The lowest BCUT2D eigenvalue weighted by Crippen LogP contribution is -2.37. The van der Waals surface area contributed by atoms with Crippen LogP contribution in [0.15, 0.2) is 60.8 Å². The number of ether oxygens (including phenoxy) is 2.